The van der Waals surface area contributed by atoms with Crippen LogP contribution in [0.5, 0.6) is 5.75 Å². The van der Waals surface area contributed by atoms with E-state index in [-0.39, 0.29) is 30.4 Å². The third-order valence-corrected chi connectivity index (χ3v) is 8.20. The number of para-hydroxylation sites is 1. The molecule has 2 bridgehead atoms. The van der Waals surface area contributed by atoms with E-state index in [1.165, 1.54) is 0 Å². The summed E-state index contributed by atoms with van der Waals surface area (Å²) in [4.78, 5) is 56.7. The average molecular weight is 527 g/mol. The van der Waals surface area contributed by atoms with Crippen LogP contribution in [0.3, 0.4) is 0 Å². The normalized spacial score (nSPS) is 24.7. The van der Waals surface area contributed by atoms with Crippen LogP contribution in [-0.2, 0) is 22.6 Å². The zero-order valence-electron chi connectivity index (χ0n) is 21.7. The van der Waals surface area contributed by atoms with Crippen molar-refractivity contribution < 1.29 is 19.1 Å². The van der Waals surface area contributed by atoms with Gasteiger partial charge in [0.2, 0.25) is 5.91 Å². The molecule has 0 radical (unpaired) electrons. The van der Waals surface area contributed by atoms with E-state index in [9.17, 15) is 19.2 Å². The van der Waals surface area contributed by atoms with Crippen LogP contribution < -0.4 is 20.5 Å². The van der Waals surface area contributed by atoms with Crippen LogP contribution in [-0.4, -0.2) is 54.1 Å². The third kappa shape index (κ3) is 4.42. The number of piperidine rings is 1. The molecule has 9 heteroatoms. The number of rotatable bonds is 6. The fourth-order valence-electron chi connectivity index (χ4n) is 6.44. The van der Waals surface area contributed by atoms with Gasteiger partial charge in [0.25, 0.3) is 11.5 Å². The van der Waals surface area contributed by atoms with E-state index in [0.29, 0.717) is 31.1 Å². The Morgan fingerprint density at radius 2 is 1.67 bits per heavy atom. The lowest BCUT2D eigenvalue weighted by Gasteiger charge is -2.47. The molecule has 4 heterocycles. The summed E-state index contributed by atoms with van der Waals surface area (Å²) in [6, 6.07) is 20.6. The quantitative estimate of drug-likeness (QED) is 0.496. The van der Waals surface area contributed by atoms with Crippen molar-refractivity contribution in [1.82, 2.24) is 14.8 Å². The highest BCUT2D eigenvalue weighted by atomic mass is 16.5. The van der Waals surface area contributed by atoms with Crippen molar-refractivity contribution >= 4 is 23.5 Å². The monoisotopic (exact) mass is 526 g/mol. The number of methoxy groups -OCH3 is 1. The number of urea groups is 1. The van der Waals surface area contributed by atoms with Gasteiger partial charge in [-0.1, -0.05) is 36.4 Å². The Kier molecular flexibility index (Phi) is 6.31. The molecule has 9 nitrogen and oxygen atoms in total. The number of hydrogen-bond donors (Lipinski definition) is 1. The van der Waals surface area contributed by atoms with Crippen molar-refractivity contribution in [3.8, 4) is 5.75 Å². The molecule has 2 fully saturated rings. The van der Waals surface area contributed by atoms with Crippen LogP contribution in [0.4, 0.5) is 10.5 Å². The second-order valence-electron chi connectivity index (χ2n) is 10.7. The molecule has 200 valence electrons. The second-order valence-corrected chi connectivity index (χ2v) is 10.7. The lowest BCUT2D eigenvalue weighted by atomic mass is 9.75. The summed E-state index contributed by atoms with van der Waals surface area (Å²) < 4.78 is 7.14. The molecule has 3 aromatic rings. The molecular formula is C30H30N4O5. The SMILES string of the molecule is COc1ccc(CC2(CN3CC4CC(C3)c3cccc(=O)n3C4)C(=O)NC(=O)N(c3ccccc3)C2=O)cc1. The van der Waals surface area contributed by atoms with Gasteiger partial charge in [-0.05, 0) is 54.7 Å². The van der Waals surface area contributed by atoms with Crippen molar-refractivity contribution in [2.45, 2.75) is 25.3 Å². The Labute approximate surface area is 226 Å². The number of nitrogens with zero attached hydrogens (tertiary/aromatic N) is 3. The first-order valence-electron chi connectivity index (χ1n) is 13.2. The van der Waals surface area contributed by atoms with Crippen LogP contribution in [0, 0.1) is 11.3 Å². The number of carbonyl (C=O) groups is 3. The van der Waals surface area contributed by atoms with Gasteiger partial charge in [-0.3, -0.25) is 19.7 Å². The number of aromatic nitrogens is 1. The number of likely N-dealkylation sites (tertiary alicyclic amines) is 1. The Bertz CT molecular complexity index is 1490. The molecule has 0 spiro atoms. The van der Waals surface area contributed by atoms with Gasteiger partial charge in [-0.25, -0.2) is 9.69 Å². The second kappa shape index (κ2) is 9.81. The summed E-state index contributed by atoms with van der Waals surface area (Å²) in [6.07, 6.45) is 1.08. The molecule has 0 saturated carbocycles. The maximum Gasteiger partial charge on any atom is 0.335 e. The largest absolute Gasteiger partial charge is 0.497 e. The average Bonchev–Trinajstić information content (AvgIpc) is 2.93. The van der Waals surface area contributed by atoms with Crippen molar-refractivity contribution in [3.05, 3.63) is 94.4 Å². The number of carbonyl (C=O) groups excluding carboxylic acids is 3. The fraction of sp³-hybridized carbons (Fsp3) is 0.333. The lowest BCUT2D eigenvalue weighted by Crippen LogP contribution is -2.68. The Hall–Kier alpha value is -4.24. The van der Waals surface area contributed by atoms with Crippen LogP contribution in [0.15, 0.2) is 77.6 Å². The van der Waals surface area contributed by atoms with Crippen molar-refractivity contribution in [2.24, 2.45) is 11.3 Å². The number of hydrogen-bond acceptors (Lipinski definition) is 6. The number of ether oxygens (including phenoxy) is 1. The molecule has 2 saturated heterocycles. The Morgan fingerprint density at radius 3 is 2.41 bits per heavy atom. The summed E-state index contributed by atoms with van der Waals surface area (Å²) in [6.45, 7) is 2.04. The molecule has 2 aromatic carbocycles. The fourth-order valence-corrected chi connectivity index (χ4v) is 6.44. The predicted octanol–water partition coefficient (Wildman–Crippen LogP) is 2.79. The van der Waals surface area contributed by atoms with E-state index in [1.54, 1.807) is 61.7 Å². The van der Waals surface area contributed by atoms with E-state index in [4.69, 9.17) is 4.74 Å². The van der Waals surface area contributed by atoms with Crippen LogP contribution in [0.2, 0.25) is 0 Å². The van der Waals surface area contributed by atoms with Gasteiger partial charge in [0, 0.05) is 43.9 Å². The molecule has 3 aliphatic rings. The van der Waals surface area contributed by atoms with E-state index < -0.39 is 23.3 Å². The maximum absolute atomic E-state index is 14.3. The summed E-state index contributed by atoms with van der Waals surface area (Å²) in [5.41, 5.74) is 0.671. The van der Waals surface area contributed by atoms with Crippen molar-refractivity contribution in [3.63, 3.8) is 0 Å². The first-order valence-corrected chi connectivity index (χ1v) is 13.2. The van der Waals surface area contributed by atoms with Gasteiger partial charge >= 0.3 is 6.03 Å². The van der Waals surface area contributed by atoms with Crippen LogP contribution in [0.25, 0.3) is 0 Å². The predicted molar refractivity (Wildman–Crippen MR) is 145 cm³/mol. The van der Waals surface area contributed by atoms with Gasteiger partial charge in [0.15, 0.2) is 0 Å². The van der Waals surface area contributed by atoms with Gasteiger partial charge in [-0.15, -0.1) is 0 Å². The van der Waals surface area contributed by atoms with Gasteiger partial charge in [0.1, 0.15) is 11.2 Å². The molecule has 39 heavy (non-hydrogen) atoms. The highest BCUT2D eigenvalue weighted by Gasteiger charge is 2.55. The summed E-state index contributed by atoms with van der Waals surface area (Å²) in [7, 11) is 1.58. The standard InChI is InChI=1S/C30H30N4O5/c1-39-24-12-10-20(11-13-24)15-30(27(36)31-29(38)34(28(30)37)23-6-3-2-4-7-23)19-32-16-21-14-22(18-32)25-8-5-9-26(35)33(25)17-21/h2-13,21-22H,14-19H2,1H3,(H,31,36,38). The zero-order valence-corrected chi connectivity index (χ0v) is 21.7. The molecule has 6 rings (SSSR count). The number of imide groups is 2. The van der Waals surface area contributed by atoms with Crippen molar-refractivity contribution in [2.75, 3.05) is 31.6 Å². The third-order valence-electron chi connectivity index (χ3n) is 8.20. The summed E-state index contributed by atoms with van der Waals surface area (Å²) in [5, 5.41) is 2.49. The summed E-state index contributed by atoms with van der Waals surface area (Å²) in [5.74, 6) is -0.106. The minimum Gasteiger partial charge on any atom is -0.497 e. The number of nitrogens with one attached hydrogen (secondary N) is 1. The lowest BCUT2D eigenvalue weighted by molar-refractivity contribution is -0.144. The maximum atomic E-state index is 14.3. The first-order chi connectivity index (χ1) is 18.9. The summed E-state index contributed by atoms with van der Waals surface area (Å²) >= 11 is 0. The number of anilines is 1. The molecular weight excluding hydrogens is 496 g/mol. The van der Waals surface area contributed by atoms with E-state index in [1.807, 2.05) is 22.8 Å². The van der Waals surface area contributed by atoms with Crippen LogP contribution >= 0.6 is 0 Å². The van der Waals surface area contributed by atoms with Crippen LogP contribution in [0.1, 0.15) is 23.6 Å². The zero-order chi connectivity index (χ0) is 27.1. The Morgan fingerprint density at radius 1 is 0.897 bits per heavy atom. The molecule has 3 atom stereocenters. The molecule has 3 aliphatic heterocycles. The highest BCUT2D eigenvalue weighted by Crippen LogP contribution is 2.39. The molecule has 3 unspecified atom stereocenters. The number of pyridine rings is 1. The molecule has 1 aromatic heterocycles. The topological polar surface area (TPSA) is 101 Å². The minimum absolute atomic E-state index is 0.00507. The smallest absolute Gasteiger partial charge is 0.335 e. The number of barbiturate groups is 1. The number of fused-ring (bicyclic) bond motifs is 4. The molecule has 1 N–H and O–H groups in total. The number of benzene rings is 2. The minimum atomic E-state index is -1.53. The van der Waals surface area contributed by atoms with Gasteiger partial charge in [-0.2, -0.15) is 0 Å². The van der Waals surface area contributed by atoms with E-state index in [2.05, 4.69) is 10.2 Å². The molecule has 0 aliphatic carbocycles. The molecule has 4 amide bonds. The number of amides is 4. The van der Waals surface area contributed by atoms with E-state index in [0.717, 1.165) is 22.6 Å². The van der Waals surface area contributed by atoms with Gasteiger partial charge in [0.05, 0.1) is 12.8 Å². The van der Waals surface area contributed by atoms with Gasteiger partial charge < -0.3 is 14.2 Å². The van der Waals surface area contributed by atoms with Crippen molar-refractivity contribution in [1.29, 1.82) is 0 Å². The van der Waals surface area contributed by atoms with E-state index >= 15 is 0 Å². The Balaban J connectivity index is 1.37. The highest BCUT2D eigenvalue weighted by molar-refractivity contribution is 6.30. The first kappa shape index (κ1) is 25.1.